The van der Waals surface area contributed by atoms with Crippen LogP contribution in [-0.4, -0.2) is 7.11 Å². The van der Waals surface area contributed by atoms with Gasteiger partial charge in [0.1, 0.15) is 17.4 Å². The summed E-state index contributed by atoms with van der Waals surface area (Å²) >= 11 is 0. The molecule has 0 heterocycles. The minimum absolute atomic E-state index is 0.112. The highest BCUT2D eigenvalue weighted by atomic mass is 19.4. The highest BCUT2D eigenvalue weighted by Crippen LogP contribution is 2.35. The Morgan fingerprint density at radius 3 is 2.05 bits per heavy atom. The summed E-state index contributed by atoms with van der Waals surface area (Å²) in [5.74, 6) is 0.261. The topological polar surface area (TPSA) is 56.8 Å². The number of rotatable bonds is 2. The molecule has 22 heavy (non-hydrogen) atoms. The first kappa shape index (κ1) is 15.4. The lowest BCUT2D eigenvalue weighted by Gasteiger charge is -2.12. The fourth-order valence-electron chi connectivity index (χ4n) is 2.08. The molecular weight excluding hydrogens is 293 g/mol. The van der Waals surface area contributed by atoms with Gasteiger partial charge in [-0.3, -0.25) is 0 Å². The molecule has 0 aliphatic carbocycles. The van der Waals surface area contributed by atoms with Gasteiger partial charge in [0, 0.05) is 5.56 Å². The Balaban J connectivity index is 2.67. The molecule has 0 N–H and O–H groups in total. The maximum atomic E-state index is 12.6. The van der Waals surface area contributed by atoms with Crippen LogP contribution in [0.4, 0.5) is 13.2 Å². The quantitative estimate of drug-likeness (QED) is 0.838. The fraction of sp³-hybridized carbons (Fsp3) is 0.125. The van der Waals surface area contributed by atoms with E-state index in [1.807, 2.05) is 12.1 Å². The zero-order chi connectivity index (χ0) is 16.3. The summed E-state index contributed by atoms with van der Waals surface area (Å²) in [5, 5.41) is 18.4. The van der Waals surface area contributed by atoms with Crippen LogP contribution in [0.1, 0.15) is 16.7 Å². The van der Waals surface area contributed by atoms with E-state index in [4.69, 9.17) is 10.00 Å². The third-order valence-corrected chi connectivity index (χ3v) is 3.12. The van der Waals surface area contributed by atoms with E-state index in [0.29, 0.717) is 5.56 Å². The molecule has 0 amide bonds. The van der Waals surface area contributed by atoms with E-state index in [0.717, 1.165) is 12.1 Å². The van der Waals surface area contributed by atoms with Gasteiger partial charge in [-0.2, -0.15) is 23.7 Å². The fourth-order valence-corrected chi connectivity index (χ4v) is 2.08. The number of nitrogens with zero attached hydrogens (tertiary/aromatic N) is 2. The summed E-state index contributed by atoms with van der Waals surface area (Å²) in [5.41, 5.74) is 0.118. The predicted molar refractivity (Wildman–Crippen MR) is 72.9 cm³/mol. The number of hydrogen-bond donors (Lipinski definition) is 0. The molecular formula is C16H9F3N2O. The normalized spacial score (nSPS) is 10.6. The van der Waals surface area contributed by atoms with Crippen molar-refractivity contribution in [2.75, 3.05) is 7.11 Å². The molecule has 2 aromatic rings. The lowest BCUT2D eigenvalue weighted by molar-refractivity contribution is -0.137. The second-order valence-corrected chi connectivity index (χ2v) is 4.36. The van der Waals surface area contributed by atoms with Gasteiger partial charge in [0.05, 0.1) is 24.3 Å². The predicted octanol–water partition coefficient (Wildman–Crippen LogP) is 4.12. The first-order chi connectivity index (χ1) is 10.4. The summed E-state index contributed by atoms with van der Waals surface area (Å²) in [6, 6.07) is 11.1. The van der Waals surface area contributed by atoms with E-state index in [2.05, 4.69) is 0 Å². The van der Waals surface area contributed by atoms with Crippen molar-refractivity contribution in [2.45, 2.75) is 6.18 Å². The molecule has 2 rings (SSSR count). The van der Waals surface area contributed by atoms with Gasteiger partial charge in [-0.1, -0.05) is 12.1 Å². The van der Waals surface area contributed by atoms with Gasteiger partial charge in [0.2, 0.25) is 0 Å². The number of alkyl halides is 3. The minimum Gasteiger partial charge on any atom is -0.495 e. The molecule has 0 saturated heterocycles. The van der Waals surface area contributed by atoms with Crippen molar-refractivity contribution >= 4 is 0 Å². The molecule has 0 atom stereocenters. The first-order valence-electron chi connectivity index (χ1n) is 6.11. The lowest BCUT2D eigenvalue weighted by atomic mass is 9.94. The maximum absolute atomic E-state index is 12.6. The molecule has 0 aromatic heterocycles. The molecule has 0 spiro atoms. The summed E-state index contributed by atoms with van der Waals surface area (Å²) in [4.78, 5) is 0. The van der Waals surface area contributed by atoms with Gasteiger partial charge in [-0.15, -0.1) is 0 Å². The van der Waals surface area contributed by atoms with Gasteiger partial charge in [-0.05, 0) is 29.8 Å². The zero-order valence-corrected chi connectivity index (χ0v) is 11.4. The zero-order valence-electron chi connectivity index (χ0n) is 11.4. The molecule has 0 unspecified atom stereocenters. The van der Waals surface area contributed by atoms with Crippen LogP contribution >= 0.6 is 0 Å². The molecule has 6 heteroatoms. The van der Waals surface area contributed by atoms with Gasteiger partial charge < -0.3 is 4.74 Å². The molecule has 0 aliphatic rings. The van der Waals surface area contributed by atoms with Crippen molar-refractivity contribution in [1.82, 2.24) is 0 Å². The van der Waals surface area contributed by atoms with Gasteiger partial charge in [-0.25, -0.2) is 0 Å². The average molecular weight is 302 g/mol. The van der Waals surface area contributed by atoms with Crippen LogP contribution in [0.25, 0.3) is 11.1 Å². The van der Waals surface area contributed by atoms with Gasteiger partial charge in [0.15, 0.2) is 0 Å². The van der Waals surface area contributed by atoms with Crippen LogP contribution < -0.4 is 4.74 Å². The largest absolute Gasteiger partial charge is 0.495 e. The van der Waals surface area contributed by atoms with Crippen LogP contribution in [0.2, 0.25) is 0 Å². The Morgan fingerprint density at radius 2 is 1.59 bits per heavy atom. The third kappa shape index (κ3) is 2.72. The van der Waals surface area contributed by atoms with Crippen LogP contribution in [0.5, 0.6) is 5.75 Å². The van der Waals surface area contributed by atoms with Crippen molar-refractivity contribution in [3.05, 3.63) is 53.1 Å². The van der Waals surface area contributed by atoms with E-state index < -0.39 is 11.7 Å². The average Bonchev–Trinajstić information content (AvgIpc) is 2.52. The van der Waals surface area contributed by atoms with Crippen molar-refractivity contribution in [3.8, 4) is 29.0 Å². The van der Waals surface area contributed by atoms with Gasteiger partial charge >= 0.3 is 6.18 Å². The number of hydrogen-bond acceptors (Lipinski definition) is 3. The van der Waals surface area contributed by atoms with E-state index in [1.54, 1.807) is 0 Å². The van der Waals surface area contributed by atoms with E-state index >= 15 is 0 Å². The number of methoxy groups -OCH3 is 1. The Bertz CT molecular complexity index is 781. The Labute approximate surface area is 124 Å². The van der Waals surface area contributed by atoms with Crippen molar-refractivity contribution in [1.29, 1.82) is 10.5 Å². The van der Waals surface area contributed by atoms with Crippen LogP contribution in [-0.2, 0) is 6.18 Å². The van der Waals surface area contributed by atoms with Crippen LogP contribution in [0.3, 0.4) is 0 Å². The lowest BCUT2D eigenvalue weighted by Crippen LogP contribution is -2.04. The molecule has 0 radical (unpaired) electrons. The maximum Gasteiger partial charge on any atom is 0.416 e. The number of halogens is 3. The van der Waals surface area contributed by atoms with Crippen LogP contribution in [0.15, 0.2) is 36.4 Å². The second-order valence-electron chi connectivity index (χ2n) is 4.36. The third-order valence-electron chi connectivity index (χ3n) is 3.12. The van der Waals surface area contributed by atoms with Gasteiger partial charge in [0.25, 0.3) is 0 Å². The molecule has 0 saturated carbocycles. The Kier molecular flexibility index (Phi) is 4.05. The summed E-state index contributed by atoms with van der Waals surface area (Å²) in [6.07, 6.45) is -4.44. The smallest absolute Gasteiger partial charge is 0.416 e. The van der Waals surface area contributed by atoms with E-state index in [9.17, 15) is 18.4 Å². The highest BCUT2D eigenvalue weighted by Gasteiger charge is 2.30. The number of benzene rings is 2. The summed E-state index contributed by atoms with van der Waals surface area (Å²) in [7, 11) is 1.37. The van der Waals surface area contributed by atoms with Crippen LogP contribution in [0, 0.1) is 22.7 Å². The molecule has 0 fully saturated rings. The molecule has 110 valence electrons. The van der Waals surface area contributed by atoms with E-state index in [1.165, 1.54) is 31.4 Å². The molecule has 3 nitrogen and oxygen atoms in total. The summed E-state index contributed by atoms with van der Waals surface area (Å²) < 4.78 is 42.9. The Hall–Kier alpha value is -2.99. The standard InChI is InChI=1S/C16H9F3N2O/c1-22-14-7-4-11(8-20)15(13(14)9-21)10-2-5-12(6-3-10)16(17,18)19/h2-7H,1H3. The minimum atomic E-state index is -4.44. The van der Waals surface area contributed by atoms with Crippen molar-refractivity contribution < 1.29 is 17.9 Å². The molecule has 2 aromatic carbocycles. The van der Waals surface area contributed by atoms with E-state index in [-0.39, 0.29) is 22.4 Å². The first-order valence-corrected chi connectivity index (χ1v) is 6.11. The SMILES string of the molecule is COc1ccc(C#N)c(-c2ccc(C(F)(F)F)cc2)c1C#N. The highest BCUT2D eigenvalue weighted by molar-refractivity contribution is 5.79. The Morgan fingerprint density at radius 1 is 0.955 bits per heavy atom. The summed E-state index contributed by atoms with van der Waals surface area (Å²) in [6.45, 7) is 0. The second kappa shape index (κ2) is 5.79. The number of nitriles is 2. The monoisotopic (exact) mass is 302 g/mol. The molecule has 0 bridgehead atoms. The number of ether oxygens (including phenoxy) is 1. The van der Waals surface area contributed by atoms with Crippen molar-refractivity contribution in [3.63, 3.8) is 0 Å². The van der Waals surface area contributed by atoms with Crippen molar-refractivity contribution in [2.24, 2.45) is 0 Å². The molecule has 0 aliphatic heterocycles.